The van der Waals surface area contributed by atoms with Gasteiger partial charge in [-0.2, -0.15) is 13.2 Å². The van der Waals surface area contributed by atoms with Crippen LogP contribution in [0.5, 0.6) is 0 Å². The SMILES string of the molecule is CNC1CCN(c2ccc(-c3ccn4c(-c5cccc(NC(=O)NCC(F)(F)F)c5)cnc4c3)nn2)CC1. The van der Waals surface area contributed by atoms with Crippen molar-refractivity contribution in [1.29, 1.82) is 0 Å². The van der Waals surface area contributed by atoms with E-state index in [4.69, 9.17) is 0 Å². The average molecular weight is 525 g/mol. The number of imidazole rings is 1. The Morgan fingerprint density at radius 3 is 2.58 bits per heavy atom. The van der Waals surface area contributed by atoms with Gasteiger partial charge in [0.25, 0.3) is 0 Å². The number of pyridine rings is 1. The highest BCUT2D eigenvalue weighted by Crippen LogP contribution is 2.27. The number of carbonyl (C=O) groups is 1. The number of nitrogens with one attached hydrogen (secondary N) is 3. The van der Waals surface area contributed by atoms with Gasteiger partial charge in [-0.15, -0.1) is 10.2 Å². The van der Waals surface area contributed by atoms with Crippen LogP contribution in [-0.4, -0.2) is 64.5 Å². The second kappa shape index (κ2) is 10.7. The van der Waals surface area contributed by atoms with Gasteiger partial charge in [0, 0.05) is 42.1 Å². The maximum atomic E-state index is 12.3. The number of aromatic nitrogens is 4. The van der Waals surface area contributed by atoms with E-state index in [1.165, 1.54) is 0 Å². The van der Waals surface area contributed by atoms with Crippen LogP contribution in [0.3, 0.4) is 0 Å². The lowest BCUT2D eigenvalue weighted by Crippen LogP contribution is -2.41. The molecule has 5 rings (SSSR count). The number of piperidine rings is 1. The topological polar surface area (TPSA) is 99.5 Å². The number of alkyl halides is 3. The van der Waals surface area contributed by atoms with Crippen molar-refractivity contribution in [1.82, 2.24) is 30.2 Å². The predicted molar refractivity (Wildman–Crippen MR) is 139 cm³/mol. The number of urea groups is 1. The molecule has 1 aliphatic rings. The molecule has 0 bridgehead atoms. The summed E-state index contributed by atoms with van der Waals surface area (Å²) >= 11 is 0. The molecule has 0 spiro atoms. The summed E-state index contributed by atoms with van der Waals surface area (Å²) in [5.41, 5.74) is 4.17. The quantitative estimate of drug-likeness (QED) is 0.347. The minimum atomic E-state index is -4.48. The van der Waals surface area contributed by atoms with Crippen LogP contribution in [0.2, 0.25) is 0 Å². The van der Waals surface area contributed by atoms with Gasteiger partial charge in [0.1, 0.15) is 12.2 Å². The number of halogens is 3. The van der Waals surface area contributed by atoms with Gasteiger partial charge in [0.2, 0.25) is 0 Å². The van der Waals surface area contributed by atoms with Crippen molar-refractivity contribution in [2.45, 2.75) is 25.1 Å². The minimum absolute atomic E-state index is 0.360. The summed E-state index contributed by atoms with van der Waals surface area (Å²) < 4.78 is 38.9. The van der Waals surface area contributed by atoms with Crippen molar-refractivity contribution in [3.63, 3.8) is 0 Å². The minimum Gasteiger partial charge on any atom is -0.355 e. The molecule has 3 N–H and O–H groups in total. The number of anilines is 2. The fourth-order valence-corrected chi connectivity index (χ4v) is 4.51. The number of fused-ring (bicyclic) bond motifs is 1. The largest absolute Gasteiger partial charge is 0.405 e. The molecule has 4 aromatic rings. The number of hydrogen-bond acceptors (Lipinski definition) is 6. The number of benzene rings is 1. The van der Waals surface area contributed by atoms with E-state index in [9.17, 15) is 18.0 Å². The van der Waals surface area contributed by atoms with Gasteiger partial charge < -0.3 is 20.9 Å². The maximum absolute atomic E-state index is 12.3. The van der Waals surface area contributed by atoms with Crippen LogP contribution in [0, 0.1) is 0 Å². The molecule has 1 saturated heterocycles. The zero-order chi connectivity index (χ0) is 26.7. The molecule has 0 radical (unpaired) electrons. The molecule has 12 heteroatoms. The molecule has 3 aromatic heterocycles. The maximum Gasteiger partial charge on any atom is 0.405 e. The molecule has 4 heterocycles. The van der Waals surface area contributed by atoms with Crippen LogP contribution < -0.4 is 20.9 Å². The fraction of sp³-hybridized carbons (Fsp3) is 0.308. The molecular formula is C26H27F3N8O. The molecule has 1 fully saturated rings. The summed E-state index contributed by atoms with van der Waals surface area (Å²) in [6.45, 7) is 0.477. The molecule has 38 heavy (non-hydrogen) atoms. The van der Waals surface area contributed by atoms with Crippen molar-refractivity contribution in [3.05, 3.63) is 60.9 Å². The number of nitrogens with zero attached hydrogens (tertiary/aromatic N) is 5. The second-order valence-electron chi connectivity index (χ2n) is 9.12. The zero-order valence-corrected chi connectivity index (χ0v) is 20.7. The van der Waals surface area contributed by atoms with Gasteiger partial charge >= 0.3 is 12.2 Å². The van der Waals surface area contributed by atoms with Gasteiger partial charge in [-0.1, -0.05) is 12.1 Å². The summed E-state index contributed by atoms with van der Waals surface area (Å²) in [4.78, 5) is 18.6. The van der Waals surface area contributed by atoms with Crippen molar-refractivity contribution in [2.75, 3.05) is 36.9 Å². The highest BCUT2D eigenvalue weighted by Gasteiger charge is 2.27. The Morgan fingerprint density at radius 1 is 1.05 bits per heavy atom. The lowest BCUT2D eigenvalue weighted by atomic mass is 10.1. The van der Waals surface area contributed by atoms with Gasteiger partial charge in [-0.05, 0) is 56.3 Å². The Hall–Kier alpha value is -4.19. The lowest BCUT2D eigenvalue weighted by Gasteiger charge is -2.32. The first-order chi connectivity index (χ1) is 18.3. The average Bonchev–Trinajstić information content (AvgIpc) is 3.35. The second-order valence-corrected chi connectivity index (χ2v) is 9.12. The van der Waals surface area contributed by atoms with Crippen molar-refractivity contribution in [3.8, 4) is 22.5 Å². The lowest BCUT2D eigenvalue weighted by molar-refractivity contribution is -0.122. The van der Waals surface area contributed by atoms with E-state index in [-0.39, 0.29) is 0 Å². The van der Waals surface area contributed by atoms with Crippen molar-refractivity contribution in [2.24, 2.45) is 0 Å². The number of rotatable bonds is 6. The van der Waals surface area contributed by atoms with E-state index < -0.39 is 18.8 Å². The summed E-state index contributed by atoms with van der Waals surface area (Å²) in [5.74, 6) is 0.869. The van der Waals surface area contributed by atoms with E-state index in [0.717, 1.165) is 54.3 Å². The van der Waals surface area contributed by atoms with Gasteiger partial charge in [-0.3, -0.25) is 4.40 Å². The third-order valence-corrected chi connectivity index (χ3v) is 6.55. The Bertz CT molecular complexity index is 1410. The molecule has 1 aliphatic heterocycles. The molecule has 1 aromatic carbocycles. The number of carbonyl (C=O) groups excluding carboxylic acids is 1. The molecular weight excluding hydrogens is 497 g/mol. The van der Waals surface area contributed by atoms with Crippen LogP contribution in [-0.2, 0) is 0 Å². The summed E-state index contributed by atoms with van der Waals surface area (Å²) in [7, 11) is 2.00. The molecule has 0 unspecified atom stereocenters. The number of hydrogen-bond donors (Lipinski definition) is 3. The van der Waals surface area contributed by atoms with E-state index >= 15 is 0 Å². The summed E-state index contributed by atoms with van der Waals surface area (Å²) in [5, 5.41) is 16.4. The van der Waals surface area contributed by atoms with Crippen LogP contribution in [0.4, 0.5) is 29.5 Å². The molecule has 2 amide bonds. The van der Waals surface area contributed by atoms with Crippen LogP contribution >= 0.6 is 0 Å². The molecule has 0 atom stereocenters. The Kier molecular flexibility index (Phi) is 7.14. The van der Waals surface area contributed by atoms with E-state index in [1.54, 1.807) is 29.7 Å². The van der Waals surface area contributed by atoms with E-state index in [0.29, 0.717) is 17.4 Å². The third-order valence-electron chi connectivity index (χ3n) is 6.55. The first-order valence-corrected chi connectivity index (χ1v) is 12.2. The zero-order valence-electron chi connectivity index (χ0n) is 20.7. The Morgan fingerprint density at radius 2 is 1.87 bits per heavy atom. The standard InChI is InChI=1S/C26H27F3N8O/c1-30-19-8-10-36(11-9-19)23-6-5-21(34-35-23)17-7-12-37-22(15-31-24(37)14-17)18-3-2-4-20(13-18)33-25(38)32-16-26(27,28)29/h2-7,12-15,19,30H,8-11,16H2,1H3,(H2,32,33,38). The van der Waals surface area contributed by atoms with Gasteiger partial charge in [-0.25, -0.2) is 9.78 Å². The predicted octanol–water partition coefficient (Wildman–Crippen LogP) is 4.33. The Balaban J connectivity index is 1.30. The molecule has 0 saturated carbocycles. The van der Waals surface area contributed by atoms with Crippen molar-refractivity contribution >= 4 is 23.2 Å². The molecule has 198 valence electrons. The highest BCUT2D eigenvalue weighted by molar-refractivity contribution is 5.90. The fourth-order valence-electron chi connectivity index (χ4n) is 4.51. The third kappa shape index (κ3) is 5.86. The number of amides is 2. The van der Waals surface area contributed by atoms with Crippen LogP contribution in [0.25, 0.3) is 28.2 Å². The smallest absolute Gasteiger partial charge is 0.355 e. The Labute approximate surface area is 217 Å². The molecule has 9 nitrogen and oxygen atoms in total. The van der Waals surface area contributed by atoms with E-state index in [1.807, 2.05) is 48.0 Å². The normalized spacial score (nSPS) is 14.6. The first kappa shape index (κ1) is 25.5. The van der Waals surface area contributed by atoms with Crippen LogP contribution in [0.1, 0.15) is 12.8 Å². The highest BCUT2D eigenvalue weighted by atomic mass is 19.4. The summed E-state index contributed by atoms with van der Waals surface area (Å²) in [6, 6.07) is 14.2. The molecule has 0 aliphatic carbocycles. The monoisotopic (exact) mass is 524 g/mol. The van der Waals surface area contributed by atoms with Crippen molar-refractivity contribution < 1.29 is 18.0 Å². The first-order valence-electron chi connectivity index (χ1n) is 12.2. The van der Waals surface area contributed by atoms with Crippen LogP contribution in [0.15, 0.2) is 60.9 Å². The summed E-state index contributed by atoms with van der Waals surface area (Å²) in [6.07, 6.45) is 1.24. The van der Waals surface area contributed by atoms with Gasteiger partial charge in [0.05, 0.1) is 17.6 Å². The van der Waals surface area contributed by atoms with Gasteiger partial charge in [0.15, 0.2) is 5.82 Å². The van der Waals surface area contributed by atoms with E-state index in [2.05, 4.69) is 30.7 Å².